The fourth-order valence-electron chi connectivity index (χ4n) is 3.14. The zero-order valence-electron chi connectivity index (χ0n) is 6.51. The van der Waals surface area contributed by atoms with E-state index in [1.165, 1.54) is 6.42 Å². The molecule has 4 rings (SSSR count). The number of hydrogen-bond acceptors (Lipinski definition) is 2. The summed E-state index contributed by atoms with van der Waals surface area (Å²) in [7, 11) is 0. The Morgan fingerprint density at radius 1 is 1.55 bits per heavy atom. The lowest BCUT2D eigenvalue weighted by Gasteiger charge is -2.47. The van der Waals surface area contributed by atoms with Crippen LogP contribution in [0.2, 0.25) is 0 Å². The lowest BCUT2D eigenvalue weighted by molar-refractivity contribution is -0.145. The van der Waals surface area contributed by atoms with Crippen LogP contribution in [-0.4, -0.2) is 18.0 Å². The Kier molecular flexibility index (Phi) is 0.947. The van der Waals surface area contributed by atoms with Crippen molar-refractivity contribution >= 4 is 5.78 Å². The third-order valence-corrected chi connectivity index (χ3v) is 3.60. The van der Waals surface area contributed by atoms with E-state index in [0.29, 0.717) is 17.6 Å². The van der Waals surface area contributed by atoms with Crippen molar-refractivity contribution in [3.63, 3.8) is 0 Å². The molecule has 2 aliphatic heterocycles. The molecule has 4 aliphatic rings. The second kappa shape index (κ2) is 1.69. The zero-order valence-corrected chi connectivity index (χ0v) is 6.51. The third kappa shape index (κ3) is 0.560. The first-order valence-corrected chi connectivity index (χ1v) is 4.48. The van der Waals surface area contributed by atoms with E-state index in [4.69, 9.17) is 4.74 Å². The summed E-state index contributed by atoms with van der Waals surface area (Å²) in [5.41, 5.74) is 0.0556. The maximum atomic E-state index is 11.4. The fourth-order valence-corrected chi connectivity index (χ4v) is 3.14. The molecule has 2 aliphatic carbocycles. The minimum absolute atomic E-state index is 0.0556. The molecule has 2 saturated carbocycles. The standard InChI is InChI=1S/C9H12O2/c10-7-2-1-3-9-4-6(5-11-9)8(7)9/h6,8H,1-5H2. The number of ketones is 1. The first-order chi connectivity index (χ1) is 5.32. The first kappa shape index (κ1) is 6.18. The normalized spacial score (nSPS) is 53.6. The Morgan fingerprint density at radius 3 is 3.18 bits per heavy atom. The zero-order chi connectivity index (χ0) is 7.47. The van der Waals surface area contributed by atoms with Gasteiger partial charge in [-0.15, -0.1) is 0 Å². The second-order valence-electron chi connectivity index (χ2n) is 4.14. The van der Waals surface area contributed by atoms with Gasteiger partial charge in [0.1, 0.15) is 5.78 Å². The molecule has 2 saturated heterocycles. The van der Waals surface area contributed by atoms with Gasteiger partial charge >= 0.3 is 0 Å². The van der Waals surface area contributed by atoms with Crippen molar-refractivity contribution in [1.82, 2.24) is 0 Å². The molecule has 0 amide bonds. The monoisotopic (exact) mass is 152 g/mol. The number of carbonyl (C=O) groups is 1. The van der Waals surface area contributed by atoms with Crippen LogP contribution in [0.15, 0.2) is 0 Å². The van der Waals surface area contributed by atoms with E-state index in [0.717, 1.165) is 25.9 Å². The molecule has 0 aromatic carbocycles. The Hall–Kier alpha value is -0.370. The molecule has 1 spiro atoms. The van der Waals surface area contributed by atoms with Gasteiger partial charge in [0.2, 0.25) is 0 Å². The van der Waals surface area contributed by atoms with Crippen molar-refractivity contribution in [2.24, 2.45) is 11.8 Å². The van der Waals surface area contributed by atoms with Gasteiger partial charge in [-0.3, -0.25) is 4.79 Å². The lowest BCUT2D eigenvalue weighted by Crippen LogP contribution is -2.53. The number of Topliss-reactive ketones (excluding diaryl/α,β-unsaturated/α-hetero) is 1. The molecule has 3 atom stereocenters. The molecule has 60 valence electrons. The van der Waals surface area contributed by atoms with E-state index in [1.54, 1.807) is 0 Å². The van der Waals surface area contributed by atoms with Crippen molar-refractivity contribution < 1.29 is 9.53 Å². The summed E-state index contributed by atoms with van der Waals surface area (Å²) in [5, 5.41) is 0. The highest BCUT2D eigenvalue weighted by molar-refractivity contribution is 5.85. The molecular formula is C9H12O2. The highest BCUT2D eigenvalue weighted by atomic mass is 16.5. The maximum Gasteiger partial charge on any atom is 0.139 e. The van der Waals surface area contributed by atoms with Gasteiger partial charge in [-0.2, -0.15) is 0 Å². The fraction of sp³-hybridized carbons (Fsp3) is 0.889. The van der Waals surface area contributed by atoms with Crippen LogP contribution in [0.5, 0.6) is 0 Å². The number of hydrogen-bond donors (Lipinski definition) is 0. The molecular weight excluding hydrogens is 140 g/mol. The van der Waals surface area contributed by atoms with Crippen molar-refractivity contribution in [3.05, 3.63) is 0 Å². The summed E-state index contributed by atoms with van der Waals surface area (Å²) >= 11 is 0. The SMILES string of the molecule is O=C1CCCC23CC(CO2)C13. The molecule has 0 aromatic heterocycles. The number of rotatable bonds is 0. The second-order valence-corrected chi connectivity index (χ2v) is 4.14. The first-order valence-electron chi connectivity index (χ1n) is 4.48. The topological polar surface area (TPSA) is 26.3 Å². The van der Waals surface area contributed by atoms with Gasteiger partial charge in [0.25, 0.3) is 0 Å². The van der Waals surface area contributed by atoms with Gasteiger partial charge in [-0.1, -0.05) is 0 Å². The molecule has 0 radical (unpaired) electrons. The number of fused-ring (bicyclic) bond motifs is 1. The summed E-state index contributed by atoms with van der Waals surface area (Å²) < 4.78 is 5.67. The van der Waals surface area contributed by atoms with Crippen LogP contribution in [0.3, 0.4) is 0 Å². The van der Waals surface area contributed by atoms with Gasteiger partial charge in [-0.25, -0.2) is 0 Å². The van der Waals surface area contributed by atoms with E-state index in [-0.39, 0.29) is 5.60 Å². The van der Waals surface area contributed by atoms with Crippen LogP contribution >= 0.6 is 0 Å². The Morgan fingerprint density at radius 2 is 2.45 bits per heavy atom. The van der Waals surface area contributed by atoms with E-state index in [9.17, 15) is 4.79 Å². The minimum Gasteiger partial charge on any atom is -0.374 e. The van der Waals surface area contributed by atoms with Gasteiger partial charge in [0, 0.05) is 6.42 Å². The summed E-state index contributed by atoms with van der Waals surface area (Å²) in [5.74, 6) is 1.39. The Labute approximate surface area is 65.9 Å². The summed E-state index contributed by atoms with van der Waals surface area (Å²) in [6.07, 6.45) is 4.18. The summed E-state index contributed by atoms with van der Waals surface area (Å²) in [4.78, 5) is 11.4. The molecule has 4 fully saturated rings. The largest absolute Gasteiger partial charge is 0.374 e. The van der Waals surface area contributed by atoms with Crippen molar-refractivity contribution in [2.45, 2.75) is 31.3 Å². The van der Waals surface area contributed by atoms with Crippen LogP contribution in [0.1, 0.15) is 25.7 Å². The van der Waals surface area contributed by atoms with Crippen LogP contribution in [0, 0.1) is 11.8 Å². The maximum absolute atomic E-state index is 11.4. The Bertz CT molecular complexity index is 220. The van der Waals surface area contributed by atoms with Crippen LogP contribution in [-0.2, 0) is 9.53 Å². The van der Waals surface area contributed by atoms with Crippen molar-refractivity contribution in [1.29, 1.82) is 0 Å². The third-order valence-electron chi connectivity index (χ3n) is 3.60. The molecule has 2 heterocycles. The van der Waals surface area contributed by atoms with Gasteiger partial charge < -0.3 is 4.74 Å². The summed E-state index contributed by atoms with van der Waals surface area (Å²) in [6.45, 7) is 0.858. The predicted octanol–water partition coefficient (Wildman–Crippen LogP) is 1.14. The molecule has 3 unspecified atom stereocenters. The number of ether oxygens (including phenoxy) is 1. The van der Waals surface area contributed by atoms with E-state index >= 15 is 0 Å². The van der Waals surface area contributed by atoms with Crippen LogP contribution < -0.4 is 0 Å². The quantitative estimate of drug-likeness (QED) is 0.520. The Balaban J connectivity index is 1.97. The van der Waals surface area contributed by atoms with Gasteiger partial charge in [-0.05, 0) is 25.2 Å². The van der Waals surface area contributed by atoms with E-state index in [1.807, 2.05) is 0 Å². The van der Waals surface area contributed by atoms with Crippen LogP contribution in [0.25, 0.3) is 0 Å². The molecule has 2 bridgehead atoms. The smallest absolute Gasteiger partial charge is 0.139 e. The minimum atomic E-state index is 0.0556. The van der Waals surface area contributed by atoms with E-state index < -0.39 is 0 Å². The van der Waals surface area contributed by atoms with Crippen molar-refractivity contribution in [2.75, 3.05) is 6.61 Å². The molecule has 2 heteroatoms. The molecule has 0 aromatic rings. The summed E-state index contributed by atoms with van der Waals surface area (Å²) in [6, 6.07) is 0. The average Bonchev–Trinajstić information content (AvgIpc) is 2.43. The molecule has 2 nitrogen and oxygen atoms in total. The highest BCUT2D eigenvalue weighted by Crippen LogP contribution is 2.58. The molecule has 0 N–H and O–H groups in total. The highest BCUT2D eigenvalue weighted by Gasteiger charge is 2.64. The lowest BCUT2D eigenvalue weighted by atomic mass is 9.57. The van der Waals surface area contributed by atoms with E-state index in [2.05, 4.69) is 0 Å². The molecule has 11 heavy (non-hydrogen) atoms. The van der Waals surface area contributed by atoms with Gasteiger partial charge in [0.05, 0.1) is 18.1 Å². The van der Waals surface area contributed by atoms with Crippen LogP contribution in [0.4, 0.5) is 0 Å². The number of carbonyl (C=O) groups excluding carboxylic acids is 1. The van der Waals surface area contributed by atoms with Crippen molar-refractivity contribution in [3.8, 4) is 0 Å². The average molecular weight is 152 g/mol. The van der Waals surface area contributed by atoms with Gasteiger partial charge in [0.15, 0.2) is 0 Å². The predicted molar refractivity (Wildman–Crippen MR) is 39.1 cm³/mol.